The third-order valence-corrected chi connectivity index (χ3v) is 3.82. The topological polar surface area (TPSA) is 55.4 Å². The predicted molar refractivity (Wildman–Crippen MR) is 101 cm³/mol. The molecule has 0 atom stereocenters. The number of rotatable bonds is 16. The van der Waals surface area contributed by atoms with Gasteiger partial charge in [0, 0.05) is 7.11 Å². The summed E-state index contributed by atoms with van der Waals surface area (Å²) in [6, 6.07) is 4.23. The highest BCUT2D eigenvalue weighted by Crippen LogP contribution is 2.22. The summed E-state index contributed by atoms with van der Waals surface area (Å²) in [6.07, 6.45) is 0. The van der Waals surface area contributed by atoms with E-state index in [4.69, 9.17) is 28.4 Å². The second kappa shape index (κ2) is 14.9. The van der Waals surface area contributed by atoms with E-state index in [2.05, 4.69) is 32.9 Å². The van der Waals surface area contributed by atoms with Crippen LogP contribution >= 0.6 is 0 Å². The molecule has 6 heteroatoms. The van der Waals surface area contributed by atoms with Gasteiger partial charge in [0.1, 0.15) is 12.4 Å². The van der Waals surface area contributed by atoms with Crippen molar-refractivity contribution in [2.75, 3.05) is 73.2 Å². The average Bonchev–Trinajstić information content (AvgIpc) is 2.62. The van der Waals surface area contributed by atoms with Gasteiger partial charge in [0.05, 0.1) is 59.5 Å². The van der Waals surface area contributed by atoms with Crippen LogP contribution in [0.5, 0.6) is 5.75 Å². The zero-order valence-electron chi connectivity index (χ0n) is 16.7. The van der Waals surface area contributed by atoms with E-state index in [0.717, 1.165) is 11.3 Å². The lowest BCUT2D eigenvalue weighted by molar-refractivity contribution is -0.00979. The van der Waals surface area contributed by atoms with Gasteiger partial charge < -0.3 is 28.4 Å². The van der Waals surface area contributed by atoms with Crippen LogP contribution in [0.2, 0.25) is 0 Å². The van der Waals surface area contributed by atoms with Crippen LogP contribution in [0.3, 0.4) is 0 Å². The maximum Gasteiger partial charge on any atom is 0.122 e. The summed E-state index contributed by atoms with van der Waals surface area (Å²) in [4.78, 5) is 0. The molecule has 0 aliphatic rings. The molecule has 0 aliphatic heterocycles. The molecule has 0 spiro atoms. The molecule has 0 saturated carbocycles. The van der Waals surface area contributed by atoms with Gasteiger partial charge >= 0.3 is 0 Å². The first-order valence-corrected chi connectivity index (χ1v) is 9.15. The van der Waals surface area contributed by atoms with Crippen molar-refractivity contribution in [3.05, 3.63) is 28.8 Å². The fourth-order valence-electron chi connectivity index (χ4n) is 2.20. The first-order chi connectivity index (χ1) is 12.6. The fraction of sp³-hybridized carbons (Fsp3) is 0.700. The SMILES string of the molecule is COCCOCCOCCOCCOCCOc1cc(C)c(C)cc1C. The molecule has 0 radical (unpaired) electrons. The second-order valence-corrected chi connectivity index (χ2v) is 5.99. The lowest BCUT2D eigenvalue weighted by atomic mass is 10.1. The molecule has 0 unspecified atom stereocenters. The van der Waals surface area contributed by atoms with Gasteiger partial charge in [-0.05, 0) is 43.5 Å². The molecule has 0 saturated heterocycles. The highest BCUT2D eigenvalue weighted by Gasteiger charge is 2.02. The van der Waals surface area contributed by atoms with E-state index in [1.165, 1.54) is 11.1 Å². The molecule has 0 heterocycles. The van der Waals surface area contributed by atoms with E-state index in [0.29, 0.717) is 66.1 Å². The van der Waals surface area contributed by atoms with Crippen LogP contribution in [-0.4, -0.2) is 73.2 Å². The molecule has 0 aromatic heterocycles. The molecule has 26 heavy (non-hydrogen) atoms. The number of hydrogen-bond acceptors (Lipinski definition) is 6. The molecule has 150 valence electrons. The van der Waals surface area contributed by atoms with Crippen LogP contribution in [0.25, 0.3) is 0 Å². The Morgan fingerprint density at radius 3 is 1.46 bits per heavy atom. The van der Waals surface area contributed by atoms with Gasteiger partial charge in [0.15, 0.2) is 0 Å². The van der Waals surface area contributed by atoms with Crippen LogP contribution in [0, 0.1) is 20.8 Å². The zero-order valence-corrected chi connectivity index (χ0v) is 16.7. The van der Waals surface area contributed by atoms with Crippen LogP contribution in [0.4, 0.5) is 0 Å². The summed E-state index contributed by atoms with van der Waals surface area (Å²) < 4.78 is 32.3. The number of hydrogen-bond donors (Lipinski definition) is 0. The van der Waals surface area contributed by atoms with Crippen molar-refractivity contribution in [1.82, 2.24) is 0 Å². The lowest BCUT2D eigenvalue weighted by Crippen LogP contribution is -2.14. The highest BCUT2D eigenvalue weighted by atomic mass is 16.6. The van der Waals surface area contributed by atoms with E-state index in [9.17, 15) is 0 Å². The summed E-state index contributed by atoms with van der Waals surface area (Å²) in [5.74, 6) is 0.927. The minimum absolute atomic E-state index is 0.537. The Hall–Kier alpha value is -1.18. The fourth-order valence-corrected chi connectivity index (χ4v) is 2.20. The van der Waals surface area contributed by atoms with Crippen molar-refractivity contribution in [2.45, 2.75) is 20.8 Å². The molecule has 6 nitrogen and oxygen atoms in total. The van der Waals surface area contributed by atoms with Crippen molar-refractivity contribution in [1.29, 1.82) is 0 Å². The molecular formula is C20H34O6. The van der Waals surface area contributed by atoms with Crippen molar-refractivity contribution < 1.29 is 28.4 Å². The van der Waals surface area contributed by atoms with Crippen molar-refractivity contribution >= 4 is 0 Å². The van der Waals surface area contributed by atoms with Gasteiger partial charge in [-0.1, -0.05) is 6.07 Å². The Balaban J connectivity index is 1.87. The van der Waals surface area contributed by atoms with Gasteiger partial charge in [0.2, 0.25) is 0 Å². The van der Waals surface area contributed by atoms with Gasteiger partial charge in [-0.15, -0.1) is 0 Å². The Labute approximate surface area is 157 Å². The van der Waals surface area contributed by atoms with E-state index in [1.807, 2.05) is 0 Å². The second-order valence-electron chi connectivity index (χ2n) is 5.99. The molecule has 1 aromatic rings. The normalized spacial score (nSPS) is 11.1. The lowest BCUT2D eigenvalue weighted by Gasteiger charge is -2.12. The Morgan fingerprint density at radius 2 is 0.962 bits per heavy atom. The van der Waals surface area contributed by atoms with Crippen molar-refractivity contribution in [3.63, 3.8) is 0 Å². The van der Waals surface area contributed by atoms with Gasteiger partial charge in [-0.25, -0.2) is 0 Å². The molecular weight excluding hydrogens is 336 g/mol. The van der Waals surface area contributed by atoms with E-state index < -0.39 is 0 Å². The standard InChI is InChI=1S/C20H34O6/c1-17-15-19(3)20(16-18(17)2)26-14-13-25-12-11-24-10-9-23-8-7-22-6-5-21-4/h15-16H,5-14H2,1-4H3. The molecule has 1 rings (SSSR count). The number of methoxy groups -OCH3 is 1. The third kappa shape index (κ3) is 10.7. The summed E-state index contributed by atoms with van der Waals surface area (Å²) in [6.45, 7) is 11.9. The number of ether oxygens (including phenoxy) is 6. The average molecular weight is 370 g/mol. The van der Waals surface area contributed by atoms with E-state index in [-0.39, 0.29) is 0 Å². The highest BCUT2D eigenvalue weighted by molar-refractivity contribution is 5.40. The molecule has 0 fully saturated rings. The monoisotopic (exact) mass is 370 g/mol. The largest absolute Gasteiger partial charge is 0.491 e. The van der Waals surface area contributed by atoms with Crippen LogP contribution < -0.4 is 4.74 Å². The minimum Gasteiger partial charge on any atom is -0.491 e. The zero-order chi connectivity index (χ0) is 19.0. The van der Waals surface area contributed by atoms with Crippen LogP contribution in [0.1, 0.15) is 16.7 Å². The van der Waals surface area contributed by atoms with E-state index in [1.54, 1.807) is 7.11 Å². The molecule has 0 N–H and O–H groups in total. The Kier molecular flexibility index (Phi) is 13.1. The number of aryl methyl sites for hydroxylation is 3. The van der Waals surface area contributed by atoms with Crippen LogP contribution in [0.15, 0.2) is 12.1 Å². The van der Waals surface area contributed by atoms with Gasteiger partial charge in [0.25, 0.3) is 0 Å². The molecule has 0 bridgehead atoms. The van der Waals surface area contributed by atoms with Crippen LogP contribution in [-0.2, 0) is 23.7 Å². The minimum atomic E-state index is 0.537. The maximum atomic E-state index is 5.77. The number of benzene rings is 1. The summed E-state index contributed by atoms with van der Waals surface area (Å²) in [5.41, 5.74) is 3.68. The summed E-state index contributed by atoms with van der Waals surface area (Å²) in [7, 11) is 1.65. The van der Waals surface area contributed by atoms with Gasteiger partial charge in [-0.2, -0.15) is 0 Å². The quantitative estimate of drug-likeness (QED) is 0.417. The Bertz CT molecular complexity index is 478. The molecule has 1 aromatic carbocycles. The molecule has 0 amide bonds. The Morgan fingerprint density at radius 1 is 0.538 bits per heavy atom. The summed E-state index contributed by atoms with van der Waals surface area (Å²) >= 11 is 0. The van der Waals surface area contributed by atoms with Gasteiger partial charge in [-0.3, -0.25) is 0 Å². The van der Waals surface area contributed by atoms with E-state index >= 15 is 0 Å². The predicted octanol–water partition coefficient (Wildman–Crippen LogP) is 2.70. The summed E-state index contributed by atoms with van der Waals surface area (Å²) in [5, 5.41) is 0. The first-order valence-electron chi connectivity index (χ1n) is 9.15. The third-order valence-electron chi connectivity index (χ3n) is 3.82. The maximum absolute atomic E-state index is 5.77. The molecule has 0 aliphatic carbocycles. The first kappa shape index (κ1) is 22.9. The van der Waals surface area contributed by atoms with Crippen molar-refractivity contribution in [3.8, 4) is 5.75 Å². The van der Waals surface area contributed by atoms with Crippen molar-refractivity contribution in [2.24, 2.45) is 0 Å². The smallest absolute Gasteiger partial charge is 0.122 e.